The highest BCUT2D eigenvalue weighted by atomic mass is 15.2. The Bertz CT molecular complexity index is 456. The van der Waals surface area contributed by atoms with Gasteiger partial charge < -0.3 is 10.6 Å². The van der Waals surface area contributed by atoms with Crippen molar-refractivity contribution in [2.24, 2.45) is 11.7 Å². The zero-order valence-corrected chi connectivity index (χ0v) is 13.6. The minimum atomic E-state index is 0.0577. The number of nitrogens with two attached hydrogens (primary N) is 1. The van der Waals surface area contributed by atoms with Gasteiger partial charge in [-0.25, -0.2) is 4.98 Å². The molecule has 0 radical (unpaired) electrons. The van der Waals surface area contributed by atoms with Crippen LogP contribution in [0.15, 0.2) is 12.1 Å². The lowest BCUT2D eigenvalue weighted by atomic mass is 9.90. The number of hydrogen-bond acceptors (Lipinski definition) is 3. The Morgan fingerprint density at radius 1 is 1.30 bits per heavy atom. The maximum atomic E-state index is 5.87. The van der Waals surface area contributed by atoms with E-state index in [4.69, 9.17) is 10.7 Å². The third kappa shape index (κ3) is 3.72. The van der Waals surface area contributed by atoms with Gasteiger partial charge in [-0.1, -0.05) is 20.8 Å². The fraction of sp³-hybridized carbons (Fsp3) is 0.706. The zero-order chi connectivity index (χ0) is 14.9. The first-order chi connectivity index (χ1) is 9.31. The molecule has 1 fully saturated rings. The lowest BCUT2D eigenvalue weighted by Gasteiger charge is -2.30. The number of pyridine rings is 1. The molecule has 1 aromatic rings. The average molecular weight is 275 g/mol. The Kier molecular flexibility index (Phi) is 4.38. The maximum Gasteiger partial charge on any atom is 0.129 e. The van der Waals surface area contributed by atoms with E-state index in [1.165, 1.54) is 18.4 Å². The lowest BCUT2D eigenvalue weighted by molar-refractivity contribution is 0.561. The van der Waals surface area contributed by atoms with Gasteiger partial charge in [-0.15, -0.1) is 0 Å². The van der Waals surface area contributed by atoms with Crippen LogP contribution in [0.1, 0.15) is 58.7 Å². The molecule has 0 bridgehead atoms. The molecular formula is C17H29N3. The van der Waals surface area contributed by atoms with E-state index in [2.05, 4.69) is 51.7 Å². The van der Waals surface area contributed by atoms with Crippen LogP contribution in [0.25, 0.3) is 0 Å². The monoisotopic (exact) mass is 275 g/mol. The Hall–Kier alpha value is -1.09. The highest BCUT2D eigenvalue weighted by Gasteiger charge is 2.27. The van der Waals surface area contributed by atoms with Crippen molar-refractivity contribution < 1.29 is 0 Å². The lowest BCUT2D eigenvalue weighted by Crippen LogP contribution is -2.34. The molecule has 20 heavy (non-hydrogen) atoms. The first-order valence-electron chi connectivity index (χ1n) is 7.79. The minimum absolute atomic E-state index is 0.0577. The fourth-order valence-electron chi connectivity index (χ4n) is 2.37. The van der Waals surface area contributed by atoms with Gasteiger partial charge in [-0.05, 0) is 50.3 Å². The molecule has 1 aromatic heterocycles. The zero-order valence-electron chi connectivity index (χ0n) is 13.6. The maximum absolute atomic E-state index is 5.87. The first kappa shape index (κ1) is 15.3. The highest BCUT2D eigenvalue weighted by molar-refractivity contribution is 5.45. The molecule has 3 heteroatoms. The summed E-state index contributed by atoms with van der Waals surface area (Å²) < 4.78 is 0. The van der Waals surface area contributed by atoms with Crippen LogP contribution in [0.3, 0.4) is 0 Å². The van der Waals surface area contributed by atoms with E-state index in [-0.39, 0.29) is 5.41 Å². The molecule has 1 aliphatic rings. The van der Waals surface area contributed by atoms with Crippen LogP contribution in [0.2, 0.25) is 0 Å². The molecule has 112 valence electrons. The van der Waals surface area contributed by atoms with Crippen LogP contribution in [-0.4, -0.2) is 17.6 Å². The summed E-state index contributed by atoms with van der Waals surface area (Å²) in [7, 11) is 0. The van der Waals surface area contributed by atoms with Crippen LogP contribution >= 0.6 is 0 Å². The number of rotatable bonds is 5. The summed E-state index contributed by atoms with van der Waals surface area (Å²) in [5.74, 6) is 1.96. The van der Waals surface area contributed by atoms with Crippen molar-refractivity contribution in [3.8, 4) is 0 Å². The van der Waals surface area contributed by atoms with Gasteiger partial charge in [0.1, 0.15) is 5.82 Å². The fourth-order valence-corrected chi connectivity index (χ4v) is 2.37. The molecule has 0 spiro atoms. The molecule has 0 atom stereocenters. The third-order valence-electron chi connectivity index (χ3n) is 3.95. The molecule has 0 amide bonds. The number of hydrogen-bond donors (Lipinski definition) is 1. The van der Waals surface area contributed by atoms with Crippen LogP contribution in [0.5, 0.6) is 0 Å². The van der Waals surface area contributed by atoms with Crippen molar-refractivity contribution in [3.05, 3.63) is 23.4 Å². The van der Waals surface area contributed by atoms with Crippen molar-refractivity contribution in [1.29, 1.82) is 0 Å². The first-order valence-corrected chi connectivity index (χ1v) is 7.79. The van der Waals surface area contributed by atoms with Gasteiger partial charge in [0.25, 0.3) is 0 Å². The summed E-state index contributed by atoms with van der Waals surface area (Å²) in [5.41, 5.74) is 8.25. The predicted octanol–water partition coefficient (Wildman–Crippen LogP) is 3.46. The average Bonchev–Trinajstić information content (AvgIpc) is 3.17. The third-order valence-corrected chi connectivity index (χ3v) is 3.95. The van der Waals surface area contributed by atoms with E-state index in [1.807, 2.05) is 0 Å². The van der Waals surface area contributed by atoms with Gasteiger partial charge in [0, 0.05) is 30.2 Å². The molecule has 3 nitrogen and oxygen atoms in total. The second kappa shape index (κ2) is 5.72. The summed E-state index contributed by atoms with van der Waals surface area (Å²) >= 11 is 0. The van der Waals surface area contributed by atoms with Crippen molar-refractivity contribution in [2.75, 3.05) is 11.4 Å². The van der Waals surface area contributed by atoms with Crippen molar-refractivity contribution in [3.63, 3.8) is 0 Å². The standard InChI is InChI=1S/C17H29N3/c1-12(2)20(11-13-6-7-13)16-9-14(10-18)8-15(19-16)17(3,4)5/h8-9,12-13H,6-7,10-11,18H2,1-5H3. The molecule has 1 saturated carbocycles. The van der Waals surface area contributed by atoms with Crippen LogP contribution in [0, 0.1) is 5.92 Å². The Balaban J connectivity index is 2.36. The summed E-state index contributed by atoms with van der Waals surface area (Å²) in [6, 6.07) is 4.79. The Morgan fingerprint density at radius 2 is 1.95 bits per heavy atom. The molecule has 0 aliphatic heterocycles. The number of anilines is 1. The highest BCUT2D eigenvalue weighted by Crippen LogP contribution is 2.33. The van der Waals surface area contributed by atoms with Gasteiger partial charge in [-0.3, -0.25) is 0 Å². The molecular weight excluding hydrogens is 246 g/mol. The van der Waals surface area contributed by atoms with Gasteiger partial charge in [0.05, 0.1) is 0 Å². The van der Waals surface area contributed by atoms with Crippen molar-refractivity contribution in [2.45, 2.75) is 65.5 Å². The predicted molar refractivity (Wildman–Crippen MR) is 86.0 cm³/mol. The van der Waals surface area contributed by atoms with E-state index < -0.39 is 0 Å². The number of nitrogens with zero attached hydrogens (tertiary/aromatic N) is 2. The molecule has 2 N–H and O–H groups in total. The molecule has 1 aliphatic carbocycles. The van der Waals surface area contributed by atoms with Gasteiger partial charge in [0.2, 0.25) is 0 Å². The summed E-state index contributed by atoms with van der Waals surface area (Å²) in [6.07, 6.45) is 2.73. The molecule has 1 heterocycles. The second-order valence-corrected chi connectivity index (χ2v) is 7.36. The van der Waals surface area contributed by atoms with E-state index in [0.717, 1.165) is 24.0 Å². The number of aromatic nitrogens is 1. The van der Waals surface area contributed by atoms with Gasteiger partial charge >= 0.3 is 0 Å². The molecule has 2 rings (SSSR count). The summed E-state index contributed by atoms with van der Waals surface area (Å²) in [5, 5.41) is 0. The molecule has 0 unspecified atom stereocenters. The van der Waals surface area contributed by atoms with E-state index in [0.29, 0.717) is 12.6 Å². The van der Waals surface area contributed by atoms with Crippen LogP contribution in [0.4, 0.5) is 5.82 Å². The van der Waals surface area contributed by atoms with E-state index >= 15 is 0 Å². The van der Waals surface area contributed by atoms with E-state index in [9.17, 15) is 0 Å². The van der Waals surface area contributed by atoms with Gasteiger partial charge in [0.15, 0.2) is 0 Å². The van der Waals surface area contributed by atoms with Gasteiger partial charge in [-0.2, -0.15) is 0 Å². The second-order valence-electron chi connectivity index (χ2n) is 7.36. The Labute approximate surface area is 123 Å². The Morgan fingerprint density at radius 3 is 2.40 bits per heavy atom. The van der Waals surface area contributed by atoms with Crippen LogP contribution in [-0.2, 0) is 12.0 Å². The van der Waals surface area contributed by atoms with Crippen LogP contribution < -0.4 is 10.6 Å². The van der Waals surface area contributed by atoms with E-state index in [1.54, 1.807) is 0 Å². The summed E-state index contributed by atoms with van der Waals surface area (Å²) in [4.78, 5) is 7.36. The smallest absolute Gasteiger partial charge is 0.129 e. The SMILES string of the molecule is CC(C)N(CC1CC1)c1cc(CN)cc(C(C)(C)C)n1. The quantitative estimate of drug-likeness (QED) is 0.894. The largest absolute Gasteiger partial charge is 0.354 e. The summed E-state index contributed by atoms with van der Waals surface area (Å²) in [6.45, 7) is 12.8. The van der Waals surface area contributed by atoms with Crippen molar-refractivity contribution >= 4 is 5.82 Å². The molecule has 0 aromatic carbocycles. The normalized spacial score (nSPS) is 15.8. The molecule has 0 saturated heterocycles. The topological polar surface area (TPSA) is 42.1 Å². The minimum Gasteiger partial charge on any atom is -0.354 e. The van der Waals surface area contributed by atoms with Crippen molar-refractivity contribution in [1.82, 2.24) is 4.98 Å².